The molecule has 0 bridgehead atoms. The summed E-state index contributed by atoms with van der Waals surface area (Å²) in [5.41, 5.74) is 0.305. The second kappa shape index (κ2) is 7.60. The molecule has 2 N–H and O–H groups in total. The molecular weight excluding hydrogens is 232 g/mol. The topological polar surface area (TPSA) is 76.1 Å². The first kappa shape index (κ1) is 14.4. The van der Waals surface area contributed by atoms with Crippen LogP contribution in [0.25, 0.3) is 0 Å². The number of hydrogen-bond acceptors (Lipinski definition) is 5. The van der Waals surface area contributed by atoms with E-state index >= 15 is 0 Å². The number of nitrogens with zero attached hydrogens (tertiary/aromatic N) is 2. The van der Waals surface area contributed by atoms with Crippen LogP contribution in [0.2, 0.25) is 0 Å². The van der Waals surface area contributed by atoms with Crippen LogP contribution in [0.1, 0.15) is 30.8 Å². The van der Waals surface area contributed by atoms with Crippen LogP contribution in [0.5, 0.6) is 0 Å². The molecule has 100 valence electrons. The molecule has 0 aliphatic heterocycles. The fraction of sp³-hybridized carbons (Fsp3) is 0.583. The van der Waals surface area contributed by atoms with Crippen LogP contribution in [-0.4, -0.2) is 42.2 Å². The average Bonchev–Trinajstić information content (AvgIpc) is 2.37. The van der Waals surface area contributed by atoms with Gasteiger partial charge in [0.1, 0.15) is 11.5 Å². The highest BCUT2D eigenvalue weighted by atomic mass is 16.5. The third kappa shape index (κ3) is 4.67. The van der Waals surface area contributed by atoms with Crippen molar-refractivity contribution in [1.82, 2.24) is 15.3 Å². The van der Waals surface area contributed by atoms with E-state index in [0.717, 1.165) is 13.0 Å². The number of anilines is 1. The Morgan fingerprint density at radius 2 is 2.28 bits per heavy atom. The van der Waals surface area contributed by atoms with Crippen LogP contribution in [0.4, 0.5) is 5.82 Å². The number of rotatable bonds is 7. The van der Waals surface area contributed by atoms with Crippen LogP contribution in [0.3, 0.4) is 0 Å². The van der Waals surface area contributed by atoms with Crippen LogP contribution in [-0.2, 0) is 4.74 Å². The van der Waals surface area contributed by atoms with Gasteiger partial charge < -0.3 is 15.4 Å². The second-order valence-corrected chi connectivity index (χ2v) is 4.05. The SMILES string of the molecule is CCCNc1cncc(C(=O)NC(C)COC)n1. The van der Waals surface area contributed by atoms with E-state index in [4.69, 9.17) is 4.74 Å². The highest BCUT2D eigenvalue weighted by Crippen LogP contribution is 2.02. The van der Waals surface area contributed by atoms with Gasteiger partial charge in [-0.1, -0.05) is 6.92 Å². The van der Waals surface area contributed by atoms with Gasteiger partial charge in [-0.3, -0.25) is 9.78 Å². The smallest absolute Gasteiger partial charge is 0.271 e. The molecule has 6 nitrogen and oxygen atoms in total. The van der Waals surface area contributed by atoms with Crippen molar-refractivity contribution in [3.8, 4) is 0 Å². The average molecular weight is 252 g/mol. The van der Waals surface area contributed by atoms with Gasteiger partial charge in [0.2, 0.25) is 0 Å². The molecule has 0 fully saturated rings. The van der Waals surface area contributed by atoms with Gasteiger partial charge in [0.05, 0.1) is 19.0 Å². The highest BCUT2D eigenvalue weighted by Gasteiger charge is 2.11. The lowest BCUT2D eigenvalue weighted by molar-refractivity contribution is 0.0900. The van der Waals surface area contributed by atoms with Crippen LogP contribution in [0.15, 0.2) is 12.4 Å². The zero-order chi connectivity index (χ0) is 13.4. The second-order valence-electron chi connectivity index (χ2n) is 4.05. The molecule has 0 radical (unpaired) electrons. The van der Waals surface area contributed by atoms with E-state index in [1.165, 1.54) is 6.20 Å². The summed E-state index contributed by atoms with van der Waals surface area (Å²) in [6.45, 7) is 5.20. The summed E-state index contributed by atoms with van der Waals surface area (Å²) in [5.74, 6) is 0.371. The highest BCUT2D eigenvalue weighted by molar-refractivity contribution is 5.92. The van der Waals surface area contributed by atoms with Crippen molar-refractivity contribution in [2.75, 3.05) is 25.6 Å². The number of nitrogens with one attached hydrogen (secondary N) is 2. The molecule has 0 saturated heterocycles. The number of methoxy groups -OCH3 is 1. The minimum atomic E-state index is -0.243. The fourth-order valence-electron chi connectivity index (χ4n) is 1.40. The van der Waals surface area contributed by atoms with Crippen molar-refractivity contribution in [2.24, 2.45) is 0 Å². The van der Waals surface area contributed by atoms with Crippen molar-refractivity contribution in [3.05, 3.63) is 18.1 Å². The van der Waals surface area contributed by atoms with Gasteiger partial charge in [-0.2, -0.15) is 0 Å². The molecule has 1 aromatic heterocycles. The van der Waals surface area contributed by atoms with E-state index < -0.39 is 0 Å². The number of carbonyl (C=O) groups is 1. The van der Waals surface area contributed by atoms with E-state index in [0.29, 0.717) is 18.1 Å². The number of carbonyl (C=O) groups excluding carboxylic acids is 1. The van der Waals surface area contributed by atoms with E-state index in [1.807, 2.05) is 6.92 Å². The molecule has 1 aromatic rings. The van der Waals surface area contributed by atoms with Gasteiger partial charge in [-0.15, -0.1) is 0 Å². The Morgan fingerprint density at radius 1 is 1.50 bits per heavy atom. The van der Waals surface area contributed by atoms with Gasteiger partial charge in [0.15, 0.2) is 0 Å². The maximum atomic E-state index is 11.9. The minimum absolute atomic E-state index is 0.0587. The van der Waals surface area contributed by atoms with Gasteiger partial charge in [-0.05, 0) is 13.3 Å². The molecule has 0 aliphatic rings. The van der Waals surface area contributed by atoms with Gasteiger partial charge in [-0.25, -0.2) is 4.98 Å². The van der Waals surface area contributed by atoms with E-state index in [2.05, 4.69) is 27.5 Å². The quantitative estimate of drug-likeness (QED) is 0.759. The molecule has 1 amide bonds. The molecule has 0 aliphatic carbocycles. The maximum Gasteiger partial charge on any atom is 0.271 e. The predicted molar refractivity (Wildman–Crippen MR) is 69.6 cm³/mol. The summed E-state index contributed by atoms with van der Waals surface area (Å²) in [6, 6.07) is -0.0587. The van der Waals surface area contributed by atoms with E-state index in [1.54, 1.807) is 13.3 Å². The monoisotopic (exact) mass is 252 g/mol. The maximum absolute atomic E-state index is 11.9. The summed E-state index contributed by atoms with van der Waals surface area (Å²) in [4.78, 5) is 20.1. The van der Waals surface area contributed by atoms with Crippen molar-refractivity contribution in [1.29, 1.82) is 0 Å². The Kier molecular flexibility index (Phi) is 6.07. The standard InChI is InChI=1S/C12H20N4O2/c1-4-5-14-11-7-13-6-10(16-11)12(17)15-9(2)8-18-3/h6-7,9H,4-5,8H2,1-3H3,(H,14,16)(H,15,17). The molecule has 0 saturated carbocycles. The Hall–Kier alpha value is -1.69. The van der Waals surface area contributed by atoms with Crippen molar-refractivity contribution < 1.29 is 9.53 Å². The number of hydrogen-bond donors (Lipinski definition) is 2. The molecular formula is C12H20N4O2. The van der Waals surface area contributed by atoms with E-state index in [9.17, 15) is 4.79 Å². The first-order valence-corrected chi connectivity index (χ1v) is 6.03. The molecule has 6 heteroatoms. The lowest BCUT2D eigenvalue weighted by Gasteiger charge is -2.12. The molecule has 1 atom stereocenters. The predicted octanol–water partition coefficient (Wildman–Crippen LogP) is 1.06. The first-order valence-electron chi connectivity index (χ1n) is 6.03. The van der Waals surface area contributed by atoms with Crippen molar-refractivity contribution in [3.63, 3.8) is 0 Å². The molecule has 0 aromatic carbocycles. The summed E-state index contributed by atoms with van der Waals surface area (Å²) in [6.07, 6.45) is 4.04. The Morgan fingerprint density at radius 3 is 2.94 bits per heavy atom. The minimum Gasteiger partial charge on any atom is -0.383 e. The fourth-order valence-corrected chi connectivity index (χ4v) is 1.40. The molecule has 1 unspecified atom stereocenters. The Bertz CT molecular complexity index is 384. The number of ether oxygens (including phenoxy) is 1. The van der Waals surface area contributed by atoms with Gasteiger partial charge >= 0.3 is 0 Å². The van der Waals surface area contributed by atoms with E-state index in [-0.39, 0.29) is 11.9 Å². The Labute approximate surface area is 107 Å². The molecule has 1 heterocycles. The molecule has 18 heavy (non-hydrogen) atoms. The zero-order valence-corrected chi connectivity index (χ0v) is 11.1. The lowest BCUT2D eigenvalue weighted by atomic mass is 10.3. The van der Waals surface area contributed by atoms with Crippen LogP contribution < -0.4 is 10.6 Å². The van der Waals surface area contributed by atoms with Crippen LogP contribution in [0, 0.1) is 0 Å². The molecule has 1 rings (SSSR count). The summed E-state index contributed by atoms with van der Waals surface area (Å²) in [5, 5.41) is 5.88. The third-order valence-electron chi connectivity index (χ3n) is 2.22. The van der Waals surface area contributed by atoms with Gasteiger partial charge in [0.25, 0.3) is 5.91 Å². The first-order chi connectivity index (χ1) is 8.67. The zero-order valence-electron chi connectivity index (χ0n) is 11.1. The normalized spacial score (nSPS) is 11.9. The third-order valence-corrected chi connectivity index (χ3v) is 2.22. The summed E-state index contributed by atoms with van der Waals surface area (Å²) >= 11 is 0. The Balaban J connectivity index is 2.62. The van der Waals surface area contributed by atoms with Crippen molar-refractivity contribution in [2.45, 2.75) is 26.3 Å². The lowest BCUT2D eigenvalue weighted by Crippen LogP contribution is -2.36. The summed E-state index contributed by atoms with van der Waals surface area (Å²) in [7, 11) is 1.59. The molecule has 0 spiro atoms. The summed E-state index contributed by atoms with van der Waals surface area (Å²) < 4.78 is 4.95. The van der Waals surface area contributed by atoms with Crippen LogP contribution >= 0.6 is 0 Å². The number of aromatic nitrogens is 2. The largest absolute Gasteiger partial charge is 0.383 e. The van der Waals surface area contributed by atoms with Crippen molar-refractivity contribution >= 4 is 11.7 Å². The number of amides is 1. The van der Waals surface area contributed by atoms with Gasteiger partial charge in [0, 0.05) is 19.7 Å².